The summed E-state index contributed by atoms with van der Waals surface area (Å²) in [6.45, 7) is 9.15. The van der Waals surface area contributed by atoms with Crippen molar-refractivity contribution in [2.24, 2.45) is 11.1 Å². The van der Waals surface area contributed by atoms with Crippen molar-refractivity contribution in [2.75, 3.05) is 19.6 Å². The Morgan fingerprint density at radius 2 is 2.10 bits per heavy atom. The Kier molecular flexibility index (Phi) is 4.61. The fraction of sp³-hybridized carbons (Fsp3) is 0.529. The Bertz CT molecular complexity index is 488. The molecule has 2 rings (SSSR count). The van der Waals surface area contributed by atoms with Gasteiger partial charge in [0.05, 0.1) is 0 Å². The van der Waals surface area contributed by atoms with Gasteiger partial charge in [0.2, 0.25) is 0 Å². The number of nitrogens with zero attached hydrogens (tertiary/aromatic N) is 1. The average Bonchev–Trinajstić information content (AvgIpc) is 2.39. The van der Waals surface area contributed by atoms with E-state index in [1.165, 1.54) is 11.6 Å². The van der Waals surface area contributed by atoms with E-state index in [2.05, 4.69) is 31.7 Å². The van der Waals surface area contributed by atoms with Crippen LogP contribution in [0.1, 0.15) is 38.8 Å². The van der Waals surface area contributed by atoms with Gasteiger partial charge in [-0.2, -0.15) is 0 Å². The molecule has 0 spiro atoms. The molecule has 0 saturated carbocycles. The Labute approximate surface area is 121 Å². The van der Waals surface area contributed by atoms with Crippen LogP contribution in [0.25, 0.3) is 0 Å². The summed E-state index contributed by atoms with van der Waals surface area (Å²) in [7, 11) is 0. The number of rotatable bonds is 3. The molecule has 0 radical (unpaired) electrons. The highest BCUT2D eigenvalue weighted by molar-refractivity contribution is 5.22. The first-order chi connectivity index (χ1) is 9.41. The molecule has 1 aliphatic rings. The predicted molar refractivity (Wildman–Crippen MR) is 81.9 cm³/mol. The van der Waals surface area contributed by atoms with Crippen LogP contribution in [0.5, 0.6) is 0 Å². The highest BCUT2D eigenvalue weighted by Gasteiger charge is 2.25. The second-order valence-corrected chi connectivity index (χ2v) is 6.53. The molecule has 0 fully saturated rings. The van der Waals surface area contributed by atoms with Crippen molar-refractivity contribution in [2.45, 2.75) is 33.2 Å². The topological polar surface area (TPSA) is 29.3 Å². The molecule has 2 nitrogen and oxygen atoms in total. The van der Waals surface area contributed by atoms with E-state index < -0.39 is 0 Å². The van der Waals surface area contributed by atoms with Gasteiger partial charge in [0.15, 0.2) is 0 Å². The van der Waals surface area contributed by atoms with Crippen molar-refractivity contribution < 1.29 is 4.39 Å². The molecule has 110 valence electrons. The molecule has 0 saturated heterocycles. The lowest BCUT2D eigenvalue weighted by atomic mass is 9.82. The number of halogens is 1. The maximum Gasteiger partial charge on any atom is 0.123 e. The van der Waals surface area contributed by atoms with Crippen molar-refractivity contribution in [1.82, 2.24) is 4.90 Å². The van der Waals surface area contributed by atoms with Crippen LogP contribution in [0, 0.1) is 11.2 Å². The van der Waals surface area contributed by atoms with Gasteiger partial charge in [-0.05, 0) is 29.5 Å². The quantitative estimate of drug-likeness (QED) is 0.856. The van der Waals surface area contributed by atoms with Crippen LogP contribution < -0.4 is 5.73 Å². The van der Waals surface area contributed by atoms with E-state index in [9.17, 15) is 4.39 Å². The second kappa shape index (κ2) is 6.06. The Morgan fingerprint density at radius 1 is 1.35 bits per heavy atom. The lowest BCUT2D eigenvalue weighted by Crippen LogP contribution is -2.38. The Balaban J connectivity index is 2.13. The molecule has 0 aromatic heterocycles. The predicted octanol–water partition coefficient (Wildman–Crippen LogP) is 3.50. The molecule has 1 unspecified atom stereocenters. The molecule has 1 aromatic carbocycles. The SMILES string of the molecule is CC(C)(C)C1=CCN(C(CN)c2cccc(F)c2)CC1. The molecule has 1 aromatic rings. The van der Waals surface area contributed by atoms with Gasteiger partial charge in [0.1, 0.15) is 5.82 Å². The fourth-order valence-electron chi connectivity index (χ4n) is 2.86. The highest BCUT2D eigenvalue weighted by atomic mass is 19.1. The summed E-state index contributed by atoms with van der Waals surface area (Å²) in [4.78, 5) is 2.34. The van der Waals surface area contributed by atoms with Gasteiger partial charge in [-0.3, -0.25) is 4.90 Å². The van der Waals surface area contributed by atoms with E-state index in [1.54, 1.807) is 12.1 Å². The van der Waals surface area contributed by atoms with E-state index in [-0.39, 0.29) is 17.3 Å². The smallest absolute Gasteiger partial charge is 0.123 e. The highest BCUT2D eigenvalue weighted by Crippen LogP contribution is 2.32. The summed E-state index contributed by atoms with van der Waals surface area (Å²) in [6.07, 6.45) is 3.38. The van der Waals surface area contributed by atoms with Crippen LogP contribution in [-0.2, 0) is 0 Å². The molecule has 0 aliphatic carbocycles. The van der Waals surface area contributed by atoms with Crippen LogP contribution in [0.3, 0.4) is 0 Å². The Morgan fingerprint density at radius 3 is 2.60 bits per heavy atom. The zero-order valence-electron chi connectivity index (χ0n) is 12.7. The lowest BCUT2D eigenvalue weighted by molar-refractivity contribution is 0.209. The zero-order valence-corrected chi connectivity index (χ0v) is 12.7. The van der Waals surface area contributed by atoms with Gasteiger partial charge in [0.25, 0.3) is 0 Å². The average molecular weight is 276 g/mol. The van der Waals surface area contributed by atoms with Crippen molar-refractivity contribution in [3.8, 4) is 0 Å². The first-order valence-corrected chi connectivity index (χ1v) is 7.31. The van der Waals surface area contributed by atoms with Gasteiger partial charge in [-0.25, -0.2) is 4.39 Å². The van der Waals surface area contributed by atoms with Gasteiger partial charge < -0.3 is 5.73 Å². The van der Waals surface area contributed by atoms with E-state index in [1.807, 2.05) is 6.07 Å². The molecule has 3 heteroatoms. The zero-order chi connectivity index (χ0) is 14.8. The van der Waals surface area contributed by atoms with Crippen LogP contribution in [0.4, 0.5) is 4.39 Å². The number of nitrogens with two attached hydrogens (primary N) is 1. The molecular formula is C17H25FN2. The monoisotopic (exact) mass is 276 g/mol. The van der Waals surface area contributed by atoms with Gasteiger partial charge in [0, 0.05) is 25.7 Å². The first kappa shape index (κ1) is 15.2. The van der Waals surface area contributed by atoms with E-state index in [4.69, 9.17) is 5.73 Å². The van der Waals surface area contributed by atoms with Crippen molar-refractivity contribution in [3.63, 3.8) is 0 Å². The third-order valence-electron chi connectivity index (χ3n) is 4.10. The van der Waals surface area contributed by atoms with E-state index in [0.29, 0.717) is 6.54 Å². The van der Waals surface area contributed by atoms with Gasteiger partial charge >= 0.3 is 0 Å². The van der Waals surface area contributed by atoms with Crippen molar-refractivity contribution in [1.29, 1.82) is 0 Å². The summed E-state index contributed by atoms with van der Waals surface area (Å²) in [5.74, 6) is -0.191. The molecule has 0 amide bonds. The van der Waals surface area contributed by atoms with Crippen molar-refractivity contribution >= 4 is 0 Å². The molecule has 1 atom stereocenters. The lowest BCUT2D eigenvalue weighted by Gasteiger charge is -2.36. The third kappa shape index (κ3) is 3.47. The van der Waals surface area contributed by atoms with Crippen LogP contribution in [0.2, 0.25) is 0 Å². The Hall–Kier alpha value is -1.19. The summed E-state index contributed by atoms with van der Waals surface area (Å²) in [5, 5.41) is 0. The molecule has 0 bridgehead atoms. The number of benzene rings is 1. The second-order valence-electron chi connectivity index (χ2n) is 6.53. The van der Waals surface area contributed by atoms with Gasteiger partial charge in [-0.15, -0.1) is 0 Å². The molecule has 1 heterocycles. The fourth-order valence-corrected chi connectivity index (χ4v) is 2.86. The maximum absolute atomic E-state index is 13.4. The minimum absolute atomic E-state index is 0.100. The first-order valence-electron chi connectivity index (χ1n) is 7.31. The standard InChI is InChI=1S/C17H25FN2/c1-17(2,3)14-7-9-20(10-8-14)16(12-19)13-5-4-6-15(18)11-13/h4-7,11,16H,8-10,12,19H2,1-3H3. The minimum Gasteiger partial charge on any atom is -0.329 e. The van der Waals surface area contributed by atoms with Crippen molar-refractivity contribution in [3.05, 3.63) is 47.3 Å². The third-order valence-corrected chi connectivity index (χ3v) is 4.10. The summed E-state index contributed by atoms with van der Waals surface area (Å²) >= 11 is 0. The van der Waals surface area contributed by atoms with E-state index in [0.717, 1.165) is 25.1 Å². The largest absolute Gasteiger partial charge is 0.329 e. The molecule has 20 heavy (non-hydrogen) atoms. The summed E-state index contributed by atoms with van der Waals surface area (Å²) in [5.41, 5.74) is 8.64. The van der Waals surface area contributed by atoms with E-state index >= 15 is 0 Å². The summed E-state index contributed by atoms with van der Waals surface area (Å²) < 4.78 is 13.4. The minimum atomic E-state index is -0.191. The molecular weight excluding hydrogens is 251 g/mol. The van der Waals surface area contributed by atoms with Crippen LogP contribution in [-0.4, -0.2) is 24.5 Å². The molecule has 1 aliphatic heterocycles. The maximum atomic E-state index is 13.4. The van der Waals surface area contributed by atoms with Crippen LogP contribution >= 0.6 is 0 Å². The number of hydrogen-bond acceptors (Lipinski definition) is 2. The number of hydrogen-bond donors (Lipinski definition) is 1. The normalized spacial score (nSPS) is 18.8. The van der Waals surface area contributed by atoms with Gasteiger partial charge in [-0.1, -0.05) is 44.6 Å². The molecule has 2 N–H and O–H groups in total. The summed E-state index contributed by atoms with van der Waals surface area (Å²) in [6, 6.07) is 6.89. The van der Waals surface area contributed by atoms with Crippen LogP contribution in [0.15, 0.2) is 35.9 Å².